The predicted octanol–water partition coefficient (Wildman–Crippen LogP) is 7.29. The van der Waals surface area contributed by atoms with Crippen LogP contribution in [0.2, 0.25) is 0 Å². The second-order valence-electron chi connectivity index (χ2n) is 13.1. The monoisotopic (exact) mass is 470 g/mol. The third kappa shape index (κ3) is 4.43. The minimum absolute atomic E-state index is 0.216. The maximum absolute atomic E-state index is 13.0. The summed E-state index contributed by atoms with van der Waals surface area (Å²) in [6.07, 6.45) is 6.43. The molecule has 4 aliphatic carbocycles. The number of rotatable bonds is 5. The number of halogens is 3. The molecule has 2 N–H and O–H groups in total. The molecule has 0 radical (unpaired) electrons. The molecule has 0 amide bonds. The summed E-state index contributed by atoms with van der Waals surface area (Å²) >= 11 is 0. The molecule has 3 saturated carbocycles. The molecule has 0 heterocycles. The molecule has 0 spiro atoms. The number of aliphatic hydroxyl groups excluding tert-OH is 1. The summed E-state index contributed by atoms with van der Waals surface area (Å²) in [6.45, 7) is 10.2. The van der Waals surface area contributed by atoms with Gasteiger partial charge in [0.1, 0.15) is 0 Å². The van der Waals surface area contributed by atoms with Gasteiger partial charge in [0.05, 0.1) is 17.6 Å². The highest BCUT2D eigenvalue weighted by Gasteiger charge is 2.59. The van der Waals surface area contributed by atoms with Gasteiger partial charge in [-0.05, 0) is 112 Å². The van der Waals surface area contributed by atoms with Gasteiger partial charge < -0.3 is 10.2 Å². The van der Waals surface area contributed by atoms with Gasteiger partial charge in [-0.2, -0.15) is 13.2 Å². The third-order valence-corrected chi connectivity index (χ3v) is 11.2. The molecule has 33 heavy (non-hydrogen) atoms. The number of hydrogen-bond acceptors (Lipinski definition) is 2. The van der Waals surface area contributed by atoms with Crippen LogP contribution >= 0.6 is 0 Å². The molecule has 0 saturated heterocycles. The van der Waals surface area contributed by atoms with E-state index in [4.69, 9.17) is 0 Å². The van der Waals surface area contributed by atoms with Gasteiger partial charge in [0.15, 0.2) is 0 Å². The van der Waals surface area contributed by atoms with Gasteiger partial charge in [0.2, 0.25) is 0 Å². The number of allylic oxidation sites excluding steroid dienone is 1. The van der Waals surface area contributed by atoms with Crippen molar-refractivity contribution in [3.05, 3.63) is 11.6 Å². The van der Waals surface area contributed by atoms with E-state index in [-0.39, 0.29) is 17.3 Å². The first-order chi connectivity index (χ1) is 15.2. The maximum Gasteiger partial charge on any atom is 0.394 e. The van der Waals surface area contributed by atoms with Crippen molar-refractivity contribution in [1.82, 2.24) is 0 Å². The molecule has 3 fully saturated rings. The molecule has 10 atom stereocenters. The van der Waals surface area contributed by atoms with Gasteiger partial charge in [0, 0.05) is 0 Å². The second-order valence-corrected chi connectivity index (χ2v) is 13.1. The highest BCUT2D eigenvalue weighted by atomic mass is 19.4. The van der Waals surface area contributed by atoms with Gasteiger partial charge >= 0.3 is 6.18 Å². The van der Waals surface area contributed by atoms with E-state index >= 15 is 0 Å². The van der Waals surface area contributed by atoms with Crippen molar-refractivity contribution in [3.8, 4) is 0 Å². The molecular formula is C28H45F3O2. The SMILES string of the molecule is C[C@H](CCC(O)[C@H](C)C(F)(F)F)[C@H]1CC[C@H]2[C@@H]3CC=C4C[C@@](C)(O)CC[C@]4(C)C3CC[C@]12C. The fraction of sp³-hybridized carbons (Fsp3) is 0.929. The molecule has 2 unspecified atom stereocenters. The van der Waals surface area contributed by atoms with Crippen LogP contribution in [0.15, 0.2) is 11.6 Å². The topological polar surface area (TPSA) is 40.5 Å². The summed E-state index contributed by atoms with van der Waals surface area (Å²) in [5, 5.41) is 20.8. The first-order valence-electron chi connectivity index (χ1n) is 13.4. The van der Waals surface area contributed by atoms with E-state index in [9.17, 15) is 23.4 Å². The Hall–Kier alpha value is -0.550. The molecule has 190 valence electrons. The Balaban J connectivity index is 1.45. The van der Waals surface area contributed by atoms with E-state index in [1.165, 1.54) is 31.3 Å². The van der Waals surface area contributed by atoms with Gasteiger partial charge in [-0.3, -0.25) is 0 Å². The zero-order valence-corrected chi connectivity index (χ0v) is 21.2. The zero-order chi connectivity index (χ0) is 24.4. The molecule has 0 aromatic carbocycles. The lowest BCUT2D eigenvalue weighted by molar-refractivity contribution is -0.195. The fourth-order valence-corrected chi connectivity index (χ4v) is 8.88. The van der Waals surface area contributed by atoms with Crippen LogP contribution in [0.3, 0.4) is 0 Å². The Morgan fingerprint density at radius 2 is 1.70 bits per heavy atom. The largest absolute Gasteiger partial charge is 0.394 e. The lowest BCUT2D eigenvalue weighted by Crippen LogP contribution is -2.52. The van der Waals surface area contributed by atoms with Crippen molar-refractivity contribution >= 4 is 0 Å². The second kappa shape index (κ2) is 8.54. The molecule has 0 aromatic rings. The van der Waals surface area contributed by atoms with Gasteiger partial charge in [-0.1, -0.05) is 39.3 Å². The van der Waals surface area contributed by atoms with Gasteiger partial charge in [-0.25, -0.2) is 0 Å². The van der Waals surface area contributed by atoms with Crippen molar-refractivity contribution in [2.75, 3.05) is 0 Å². The summed E-state index contributed by atoms with van der Waals surface area (Å²) in [5.74, 6) is 1.26. The van der Waals surface area contributed by atoms with Crippen LogP contribution in [0.25, 0.3) is 0 Å². The third-order valence-electron chi connectivity index (χ3n) is 11.2. The Bertz CT molecular complexity index is 759. The van der Waals surface area contributed by atoms with Crippen molar-refractivity contribution in [1.29, 1.82) is 0 Å². The molecule has 2 nitrogen and oxygen atoms in total. The van der Waals surface area contributed by atoms with Crippen molar-refractivity contribution < 1.29 is 23.4 Å². The average Bonchev–Trinajstić information content (AvgIpc) is 3.08. The van der Waals surface area contributed by atoms with Crippen molar-refractivity contribution in [3.63, 3.8) is 0 Å². The standard InChI is InChI=1S/C28H45F3O2/c1-17(6-11-24(32)18(2)28(29,30)31)21-9-10-22-20-8-7-19-16-25(3,33)14-15-26(19,4)23(20)12-13-27(21,22)5/h7,17-18,20-24,32-33H,6,8-16H2,1-5H3/t17-,18+,20+,21-,22+,23?,24?,25+,26+,27-/m1/s1. The molecule has 4 rings (SSSR count). The Morgan fingerprint density at radius 1 is 1.00 bits per heavy atom. The van der Waals surface area contributed by atoms with Crippen LogP contribution in [-0.4, -0.2) is 28.1 Å². The van der Waals surface area contributed by atoms with Crippen LogP contribution < -0.4 is 0 Å². The lowest BCUT2D eigenvalue weighted by Gasteiger charge is -2.59. The minimum atomic E-state index is -4.33. The van der Waals surface area contributed by atoms with Crippen LogP contribution in [0.4, 0.5) is 13.2 Å². The van der Waals surface area contributed by atoms with Crippen LogP contribution in [0.1, 0.15) is 98.8 Å². The summed E-state index contributed by atoms with van der Waals surface area (Å²) in [6, 6.07) is 0. The zero-order valence-electron chi connectivity index (χ0n) is 21.2. The molecule has 4 aliphatic rings. The summed E-state index contributed by atoms with van der Waals surface area (Å²) in [5.41, 5.74) is 1.39. The fourth-order valence-electron chi connectivity index (χ4n) is 8.88. The number of aliphatic hydroxyl groups is 2. The summed E-state index contributed by atoms with van der Waals surface area (Å²) in [4.78, 5) is 0. The average molecular weight is 471 g/mol. The Morgan fingerprint density at radius 3 is 2.36 bits per heavy atom. The number of fused-ring (bicyclic) bond motifs is 5. The first kappa shape index (κ1) is 25.5. The summed E-state index contributed by atoms with van der Waals surface area (Å²) < 4.78 is 38.9. The van der Waals surface area contributed by atoms with E-state index in [0.717, 1.165) is 32.6 Å². The predicted molar refractivity (Wildman–Crippen MR) is 125 cm³/mol. The van der Waals surface area contributed by atoms with Crippen molar-refractivity contribution in [2.24, 2.45) is 46.3 Å². The lowest BCUT2D eigenvalue weighted by atomic mass is 9.46. The van der Waals surface area contributed by atoms with Gasteiger partial charge in [0.25, 0.3) is 0 Å². The molecule has 0 aliphatic heterocycles. The number of hydrogen-bond donors (Lipinski definition) is 2. The smallest absolute Gasteiger partial charge is 0.393 e. The number of alkyl halides is 3. The molecule has 0 aromatic heterocycles. The van der Waals surface area contributed by atoms with Gasteiger partial charge in [-0.15, -0.1) is 0 Å². The highest BCUT2D eigenvalue weighted by Crippen LogP contribution is 2.67. The Kier molecular flexibility index (Phi) is 6.61. The molecular weight excluding hydrogens is 425 g/mol. The quantitative estimate of drug-likeness (QED) is 0.414. The van der Waals surface area contributed by atoms with E-state index in [0.29, 0.717) is 36.0 Å². The van der Waals surface area contributed by atoms with Crippen LogP contribution in [-0.2, 0) is 0 Å². The van der Waals surface area contributed by atoms with Crippen LogP contribution in [0.5, 0.6) is 0 Å². The van der Waals surface area contributed by atoms with E-state index in [2.05, 4.69) is 26.8 Å². The van der Waals surface area contributed by atoms with E-state index in [1.54, 1.807) is 0 Å². The van der Waals surface area contributed by atoms with E-state index < -0.39 is 23.8 Å². The molecule has 0 bridgehead atoms. The molecule has 5 heteroatoms. The highest BCUT2D eigenvalue weighted by molar-refractivity contribution is 5.26. The summed E-state index contributed by atoms with van der Waals surface area (Å²) in [7, 11) is 0. The van der Waals surface area contributed by atoms with E-state index in [1.807, 2.05) is 6.92 Å². The maximum atomic E-state index is 13.0. The minimum Gasteiger partial charge on any atom is -0.393 e. The Labute approximate surface area is 198 Å². The van der Waals surface area contributed by atoms with Crippen LogP contribution in [0, 0.1) is 46.3 Å². The van der Waals surface area contributed by atoms with Crippen molar-refractivity contribution in [2.45, 2.75) is 117 Å². The normalized spacial score (nSPS) is 45.9. The first-order valence-corrected chi connectivity index (χ1v) is 13.4.